The Kier molecular flexibility index (Phi) is 22.2. The number of alkyl halides is 20. The second-order valence-electron chi connectivity index (χ2n) is 24.5. The molecule has 10 aliphatic rings. The third-order valence-electron chi connectivity index (χ3n) is 18.5. The average Bonchev–Trinajstić information content (AvgIpc) is 1.56. The minimum atomic E-state index is -3.25. The van der Waals surface area contributed by atoms with Crippen LogP contribution >= 0.6 is 0 Å². The number of esters is 4. The van der Waals surface area contributed by atoms with Crippen LogP contribution in [-0.2, 0) is 105 Å². The van der Waals surface area contributed by atoms with E-state index in [0.717, 1.165) is 0 Å². The molecule has 101 heavy (non-hydrogen) atoms. The summed E-state index contributed by atoms with van der Waals surface area (Å²) < 4.78 is 291. The molecule has 5 aromatic rings. The van der Waals surface area contributed by atoms with Crippen molar-refractivity contribution in [2.24, 2.45) is 29.6 Å². The second-order valence-corrected chi connectivity index (χ2v) is 24.5. The van der Waals surface area contributed by atoms with Crippen LogP contribution in [0.25, 0.3) is 0 Å². The van der Waals surface area contributed by atoms with Crippen molar-refractivity contribution in [1.29, 1.82) is 0 Å². The topological polar surface area (TPSA) is 262 Å². The van der Waals surface area contributed by atoms with Crippen molar-refractivity contribution >= 4 is 29.8 Å². The summed E-state index contributed by atoms with van der Waals surface area (Å²) in [5.41, 5.74) is -6.44. The second kappa shape index (κ2) is 28.3. The van der Waals surface area contributed by atoms with Crippen LogP contribution < -0.4 is 18.9 Å². The zero-order valence-electron chi connectivity index (χ0n) is 52.7. The van der Waals surface area contributed by atoms with Crippen LogP contribution in [0.1, 0.15) is 214 Å². The van der Waals surface area contributed by atoms with Crippen molar-refractivity contribution < 1.29 is 160 Å². The number of aliphatic carboxylic acids is 1. The molecule has 5 heterocycles. The van der Waals surface area contributed by atoms with Gasteiger partial charge in [0.05, 0.1) is 26.4 Å². The standard InChI is InChI=1S/4C12H12F4N2O2.C10H8F4N2O2.CH4.Li.H2O/c4*1-2-20-7(19)4-18-10-8(9(17-18)11(13)14)5-3-6(5)12(10,15)16;11-9(12)7-6-3-1-4(3)10(13,14)8(6)16(15-7)2-5(17)18;;;/h4*5-6,11H,2-4H2,1H3;3-4,9H,1-2H2,(H,17,18);1H4;;1H2/q;;;;;;+1;/p-1/t3*5-,6+;;3-,4+;;;/m100.0.../s1. The molecule has 5 saturated carbocycles. The van der Waals surface area contributed by atoms with E-state index < -0.39 is 240 Å². The SMILES string of the molecule is C.CCOC(=O)Cn1nc(C(F)F)c2c1C(F)(F)C1CC21.CCOC(=O)Cn1nc(C(F)F)c2c1C(F)(F)[C@@H]1C[C@H]21.CCOC(=O)Cn1nc(C(F)F)c2c1C(F)(F)[C@@H]1C[C@H]21.CCOC(=O)Cn1nc(C(F)F)c2c1C(F)(F)[C@H]1C[C@@H]21.O=C(O)Cn1nc(C(F)F)c2c1C(F)(F)[C@@H]1C[C@H]21.[Li+].[OH-]. The van der Waals surface area contributed by atoms with Gasteiger partial charge in [-0.25, -0.2) is 43.9 Å². The average molecular weight is 1470 g/mol. The van der Waals surface area contributed by atoms with Crippen molar-refractivity contribution in [2.45, 2.75) is 191 Å². The van der Waals surface area contributed by atoms with Crippen LogP contribution in [0.3, 0.4) is 0 Å². The Morgan fingerprint density at radius 2 is 0.525 bits per heavy atom. The molecule has 0 bridgehead atoms. The Morgan fingerprint density at radius 3 is 0.663 bits per heavy atom. The summed E-state index contributed by atoms with van der Waals surface area (Å²) in [7, 11) is 0. The molecule has 10 atom stereocenters. The maximum absolute atomic E-state index is 14.1. The number of fused-ring (bicyclic) bond motifs is 15. The molecule has 10 aliphatic carbocycles. The van der Waals surface area contributed by atoms with Gasteiger partial charge < -0.3 is 29.5 Å². The smallest absolute Gasteiger partial charge is 0.870 e. The zero-order valence-corrected chi connectivity index (χ0v) is 52.7. The van der Waals surface area contributed by atoms with Crippen LogP contribution in [0.15, 0.2) is 0 Å². The Hall–Kier alpha value is -7.44. The zero-order chi connectivity index (χ0) is 71.9. The first kappa shape index (κ1) is 79.3. The number of hydrogen-bond donors (Lipinski definition) is 1. The summed E-state index contributed by atoms with van der Waals surface area (Å²) in [4.78, 5) is 56.1. The first-order chi connectivity index (χ1) is 45.8. The molecule has 2 unspecified atom stereocenters. The molecule has 0 spiro atoms. The van der Waals surface area contributed by atoms with Crippen LogP contribution in [0, 0.1) is 29.6 Å². The molecule has 42 heteroatoms. The van der Waals surface area contributed by atoms with Crippen molar-refractivity contribution in [3.05, 3.63) is 84.8 Å². The summed E-state index contributed by atoms with van der Waals surface area (Å²) in [6.45, 7) is 3.52. The maximum atomic E-state index is 14.1. The van der Waals surface area contributed by atoms with E-state index in [9.17, 15) is 112 Å². The summed E-state index contributed by atoms with van der Waals surface area (Å²) in [5.74, 6) is -28.0. The Labute approximate surface area is 569 Å². The summed E-state index contributed by atoms with van der Waals surface area (Å²) in [6.07, 6.45) is -13.7. The molecule has 0 aliphatic heterocycles. The Bertz CT molecular complexity index is 3590. The molecule has 0 amide bonds. The molecular formula is C59H61F20LiN10O11. The van der Waals surface area contributed by atoms with Gasteiger partial charge in [-0.1, -0.05) is 7.43 Å². The van der Waals surface area contributed by atoms with Gasteiger partial charge in [-0.3, -0.25) is 47.4 Å². The van der Waals surface area contributed by atoms with Gasteiger partial charge in [-0.15, -0.1) is 0 Å². The number of ether oxygens (including phenoxy) is 4. The molecular weight excluding hydrogens is 1410 g/mol. The van der Waals surface area contributed by atoms with Crippen LogP contribution in [0.2, 0.25) is 0 Å². The van der Waals surface area contributed by atoms with Gasteiger partial charge in [0.1, 0.15) is 89.7 Å². The summed E-state index contributed by atoms with van der Waals surface area (Å²) in [5, 5.41) is 26.0. The molecule has 2 N–H and O–H groups in total. The molecule has 0 aromatic carbocycles. The van der Waals surface area contributed by atoms with E-state index in [1.165, 1.54) is 0 Å². The van der Waals surface area contributed by atoms with Gasteiger partial charge in [0.2, 0.25) is 0 Å². The first-order valence-corrected chi connectivity index (χ1v) is 30.5. The fraction of sp³-hybridized carbons (Fsp3) is 0.661. The molecule has 0 radical (unpaired) electrons. The molecule has 554 valence electrons. The number of nitrogens with zero attached hydrogens (tertiary/aromatic N) is 10. The van der Waals surface area contributed by atoms with Gasteiger partial charge in [-0.05, 0) is 89.4 Å². The minimum absolute atomic E-state index is 0. The summed E-state index contributed by atoms with van der Waals surface area (Å²) in [6, 6.07) is 0. The predicted octanol–water partition coefficient (Wildman–Crippen LogP) is 9.95. The normalized spacial score (nSPS) is 25.0. The van der Waals surface area contributed by atoms with Gasteiger partial charge in [-0.2, -0.15) is 69.4 Å². The summed E-state index contributed by atoms with van der Waals surface area (Å²) >= 11 is 0. The van der Waals surface area contributed by atoms with Gasteiger partial charge in [0.25, 0.3) is 61.7 Å². The number of aromatic nitrogens is 10. The largest absolute Gasteiger partial charge is 1.00 e. The number of carbonyl (C=O) groups is 5. The fourth-order valence-corrected chi connectivity index (χ4v) is 14.3. The minimum Gasteiger partial charge on any atom is -0.870 e. The van der Waals surface area contributed by atoms with E-state index in [2.05, 4.69) is 44.4 Å². The van der Waals surface area contributed by atoms with E-state index in [-0.39, 0.29) is 118 Å². The number of rotatable bonds is 19. The van der Waals surface area contributed by atoms with E-state index in [1.54, 1.807) is 27.7 Å². The molecule has 21 nitrogen and oxygen atoms in total. The van der Waals surface area contributed by atoms with Crippen molar-refractivity contribution in [3.8, 4) is 0 Å². The fourth-order valence-electron chi connectivity index (χ4n) is 14.3. The molecule has 15 rings (SSSR count). The molecule has 5 fully saturated rings. The van der Waals surface area contributed by atoms with E-state index in [0.29, 0.717) is 23.4 Å². The predicted molar refractivity (Wildman–Crippen MR) is 292 cm³/mol. The maximum Gasteiger partial charge on any atom is 1.00 e. The Morgan fingerprint density at radius 1 is 0.366 bits per heavy atom. The van der Waals surface area contributed by atoms with E-state index in [1.807, 2.05) is 0 Å². The number of hydrogen-bond acceptors (Lipinski definition) is 15. The van der Waals surface area contributed by atoms with Crippen molar-refractivity contribution in [3.63, 3.8) is 0 Å². The van der Waals surface area contributed by atoms with Gasteiger partial charge in [0.15, 0.2) is 0 Å². The monoisotopic (exact) mass is 1470 g/mol. The number of carbonyl (C=O) groups excluding carboxylic acids is 4. The van der Waals surface area contributed by atoms with E-state index in [4.69, 9.17) is 5.11 Å². The number of halogens is 20. The van der Waals surface area contributed by atoms with Crippen molar-refractivity contribution in [1.82, 2.24) is 48.9 Å². The quantitative estimate of drug-likeness (QED) is 0.0349. The van der Waals surface area contributed by atoms with E-state index >= 15 is 0 Å². The Balaban J connectivity index is 0.000000159. The van der Waals surface area contributed by atoms with Gasteiger partial charge in [0, 0.05) is 57.4 Å². The number of carboxylic acid groups (broad SMARTS) is 1. The first-order valence-electron chi connectivity index (χ1n) is 30.5. The van der Waals surface area contributed by atoms with Gasteiger partial charge >= 0.3 is 48.7 Å². The molecule has 5 aromatic heterocycles. The van der Waals surface area contributed by atoms with Crippen LogP contribution in [-0.4, -0.2) is 116 Å². The third kappa shape index (κ3) is 13.8. The number of carboxylic acids is 1. The molecule has 0 saturated heterocycles. The van der Waals surface area contributed by atoms with Crippen molar-refractivity contribution in [2.75, 3.05) is 26.4 Å². The van der Waals surface area contributed by atoms with Crippen LogP contribution in [0.4, 0.5) is 87.8 Å². The van der Waals surface area contributed by atoms with Crippen LogP contribution in [0.5, 0.6) is 0 Å². The third-order valence-corrected chi connectivity index (χ3v) is 18.5.